The fraction of sp³-hybridized carbons (Fsp3) is 0.593. The zero-order valence-electron chi connectivity index (χ0n) is 18.7. The van der Waals surface area contributed by atoms with Crippen LogP contribution in [0.3, 0.4) is 0 Å². The lowest BCUT2D eigenvalue weighted by Crippen LogP contribution is -1.98. The molecule has 0 aliphatic heterocycles. The molecule has 2 nitrogen and oxygen atoms in total. The Balaban J connectivity index is 1.44. The van der Waals surface area contributed by atoms with Gasteiger partial charge in [0.15, 0.2) is 0 Å². The Labute approximate surface area is 179 Å². The Bertz CT molecular complexity index is 705. The Morgan fingerprint density at radius 3 is 2.03 bits per heavy atom. The van der Waals surface area contributed by atoms with Crippen molar-refractivity contribution in [1.82, 2.24) is 4.98 Å². The maximum atomic E-state index is 6.14. The molecule has 2 N–H and O–H groups in total. The number of rotatable bonds is 16. The monoisotopic (exact) mass is 394 g/mol. The number of benzene rings is 1. The van der Waals surface area contributed by atoms with Crippen LogP contribution in [0.4, 0.5) is 5.82 Å². The van der Waals surface area contributed by atoms with Crippen molar-refractivity contribution in [3.63, 3.8) is 0 Å². The van der Waals surface area contributed by atoms with E-state index in [1.807, 2.05) is 12.1 Å². The summed E-state index contributed by atoms with van der Waals surface area (Å²) in [6.07, 6.45) is 24.7. The topological polar surface area (TPSA) is 38.9 Å². The van der Waals surface area contributed by atoms with Gasteiger partial charge in [0.25, 0.3) is 0 Å². The van der Waals surface area contributed by atoms with Crippen molar-refractivity contribution in [2.45, 2.75) is 103 Å². The average molecular weight is 395 g/mol. The van der Waals surface area contributed by atoms with E-state index in [9.17, 15) is 0 Å². The SMILES string of the molecule is CCCCCCCCC=CCCCCCCCCc1cc2ccccc2nc1N. The second-order valence-electron chi connectivity index (χ2n) is 8.41. The zero-order valence-corrected chi connectivity index (χ0v) is 18.7. The highest BCUT2D eigenvalue weighted by Crippen LogP contribution is 2.20. The highest BCUT2D eigenvalue weighted by Gasteiger charge is 2.03. The van der Waals surface area contributed by atoms with Crippen LogP contribution in [0, 0.1) is 0 Å². The minimum Gasteiger partial charge on any atom is -0.383 e. The number of anilines is 1. The highest BCUT2D eigenvalue weighted by molar-refractivity contribution is 5.81. The minimum atomic E-state index is 0.705. The molecule has 0 radical (unpaired) electrons. The first-order valence-electron chi connectivity index (χ1n) is 12.1. The summed E-state index contributed by atoms with van der Waals surface area (Å²) in [7, 11) is 0. The van der Waals surface area contributed by atoms with Gasteiger partial charge in [-0.2, -0.15) is 0 Å². The normalized spacial score (nSPS) is 11.6. The molecule has 160 valence electrons. The van der Waals surface area contributed by atoms with E-state index in [0.717, 1.165) is 11.9 Å². The van der Waals surface area contributed by atoms with Gasteiger partial charge < -0.3 is 5.73 Å². The van der Waals surface area contributed by atoms with E-state index in [1.165, 1.54) is 101 Å². The second kappa shape index (κ2) is 15.1. The third-order valence-corrected chi connectivity index (χ3v) is 5.79. The van der Waals surface area contributed by atoms with Crippen molar-refractivity contribution < 1.29 is 0 Å². The predicted octanol–water partition coefficient (Wildman–Crippen LogP) is 8.40. The van der Waals surface area contributed by atoms with E-state index in [0.29, 0.717) is 5.82 Å². The number of aromatic nitrogens is 1. The lowest BCUT2D eigenvalue weighted by atomic mass is 10.0. The number of unbranched alkanes of at least 4 members (excludes halogenated alkanes) is 12. The number of fused-ring (bicyclic) bond motifs is 1. The van der Waals surface area contributed by atoms with Crippen molar-refractivity contribution in [2.75, 3.05) is 5.73 Å². The predicted molar refractivity (Wildman–Crippen MR) is 129 cm³/mol. The summed E-state index contributed by atoms with van der Waals surface area (Å²) in [6, 6.07) is 10.4. The lowest BCUT2D eigenvalue weighted by Gasteiger charge is -2.07. The molecule has 29 heavy (non-hydrogen) atoms. The summed E-state index contributed by atoms with van der Waals surface area (Å²) >= 11 is 0. The van der Waals surface area contributed by atoms with E-state index < -0.39 is 0 Å². The van der Waals surface area contributed by atoms with E-state index in [2.05, 4.69) is 42.3 Å². The van der Waals surface area contributed by atoms with Crippen LogP contribution < -0.4 is 5.73 Å². The van der Waals surface area contributed by atoms with E-state index in [4.69, 9.17) is 5.73 Å². The van der Waals surface area contributed by atoms with Gasteiger partial charge >= 0.3 is 0 Å². The summed E-state index contributed by atoms with van der Waals surface area (Å²) in [5.74, 6) is 0.705. The largest absolute Gasteiger partial charge is 0.383 e. The van der Waals surface area contributed by atoms with Gasteiger partial charge in [0.2, 0.25) is 0 Å². The maximum absolute atomic E-state index is 6.14. The zero-order chi connectivity index (χ0) is 20.6. The molecule has 0 fully saturated rings. The number of nitrogens with zero attached hydrogens (tertiary/aromatic N) is 1. The number of nitrogens with two attached hydrogens (primary N) is 1. The molecule has 0 aliphatic rings. The summed E-state index contributed by atoms with van der Waals surface area (Å²) in [4.78, 5) is 4.54. The summed E-state index contributed by atoms with van der Waals surface area (Å²) in [6.45, 7) is 2.28. The van der Waals surface area contributed by atoms with E-state index in [1.54, 1.807) is 0 Å². The Hall–Kier alpha value is -1.83. The molecule has 1 aromatic carbocycles. The fourth-order valence-electron chi connectivity index (χ4n) is 3.94. The van der Waals surface area contributed by atoms with Gasteiger partial charge in [-0.25, -0.2) is 4.98 Å². The second-order valence-corrected chi connectivity index (χ2v) is 8.41. The molecule has 0 bridgehead atoms. The third-order valence-electron chi connectivity index (χ3n) is 5.79. The van der Waals surface area contributed by atoms with Gasteiger partial charge in [-0.3, -0.25) is 0 Å². The van der Waals surface area contributed by atoms with Crippen LogP contribution in [-0.4, -0.2) is 4.98 Å². The molecule has 2 heteroatoms. The van der Waals surface area contributed by atoms with E-state index in [-0.39, 0.29) is 0 Å². The number of nitrogen functional groups attached to an aromatic ring is 1. The van der Waals surface area contributed by atoms with E-state index >= 15 is 0 Å². The van der Waals surface area contributed by atoms with Gasteiger partial charge in [0.1, 0.15) is 5.82 Å². The molecule has 0 saturated heterocycles. The van der Waals surface area contributed by atoms with Crippen molar-refractivity contribution in [3.8, 4) is 0 Å². The first kappa shape index (κ1) is 23.4. The summed E-state index contributed by atoms with van der Waals surface area (Å²) in [5.41, 5.74) is 8.34. The van der Waals surface area contributed by atoms with Gasteiger partial charge in [-0.15, -0.1) is 0 Å². The van der Waals surface area contributed by atoms with Crippen LogP contribution in [0.25, 0.3) is 10.9 Å². The number of allylic oxidation sites excluding steroid dienone is 2. The number of pyridine rings is 1. The molecule has 0 saturated carbocycles. The molecule has 1 heterocycles. The number of aryl methyl sites for hydroxylation is 1. The molecule has 0 amide bonds. The third kappa shape index (κ3) is 9.96. The highest BCUT2D eigenvalue weighted by atomic mass is 14.8. The summed E-state index contributed by atoms with van der Waals surface area (Å²) in [5, 5.41) is 1.20. The van der Waals surface area contributed by atoms with Crippen LogP contribution in [-0.2, 0) is 6.42 Å². The number of para-hydroxylation sites is 1. The molecular formula is C27H42N2. The standard InChI is InChI=1S/C27H42N2/c1-2-3-4-5-6-7-8-9-10-11-12-13-14-15-16-17-21-25-23-24-20-18-19-22-26(24)29-27(25)28/h9-10,18-20,22-23H,2-8,11-17,21H2,1H3,(H2,28,29). The van der Waals surface area contributed by atoms with Gasteiger partial charge in [-0.1, -0.05) is 95.1 Å². The van der Waals surface area contributed by atoms with Crippen molar-refractivity contribution in [1.29, 1.82) is 0 Å². The maximum Gasteiger partial charge on any atom is 0.127 e. The molecular weight excluding hydrogens is 352 g/mol. The van der Waals surface area contributed by atoms with Crippen LogP contribution >= 0.6 is 0 Å². The molecule has 0 unspecified atom stereocenters. The molecule has 2 rings (SSSR count). The number of hydrogen-bond acceptors (Lipinski definition) is 2. The quantitative estimate of drug-likeness (QED) is 0.229. The van der Waals surface area contributed by atoms with Crippen molar-refractivity contribution >= 4 is 16.7 Å². The number of hydrogen-bond donors (Lipinski definition) is 1. The Morgan fingerprint density at radius 2 is 1.34 bits per heavy atom. The molecule has 0 spiro atoms. The van der Waals surface area contributed by atoms with Crippen LogP contribution in [0.1, 0.15) is 102 Å². The van der Waals surface area contributed by atoms with Crippen molar-refractivity contribution in [3.05, 3.63) is 48.0 Å². The Morgan fingerprint density at radius 1 is 0.759 bits per heavy atom. The van der Waals surface area contributed by atoms with Gasteiger partial charge in [-0.05, 0) is 56.2 Å². The Kier molecular flexibility index (Phi) is 12.2. The van der Waals surface area contributed by atoms with Crippen LogP contribution in [0.2, 0.25) is 0 Å². The van der Waals surface area contributed by atoms with Gasteiger partial charge in [0.05, 0.1) is 5.52 Å². The molecule has 2 aromatic rings. The fourth-order valence-corrected chi connectivity index (χ4v) is 3.94. The molecule has 1 aromatic heterocycles. The smallest absolute Gasteiger partial charge is 0.127 e. The molecule has 0 aliphatic carbocycles. The first-order chi connectivity index (χ1) is 14.3. The lowest BCUT2D eigenvalue weighted by molar-refractivity contribution is 0.596. The van der Waals surface area contributed by atoms with Gasteiger partial charge in [0, 0.05) is 5.39 Å². The average Bonchev–Trinajstić information content (AvgIpc) is 2.73. The molecule has 0 atom stereocenters. The first-order valence-corrected chi connectivity index (χ1v) is 12.1. The van der Waals surface area contributed by atoms with Crippen LogP contribution in [0.15, 0.2) is 42.5 Å². The summed E-state index contributed by atoms with van der Waals surface area (Å²) < 4.78 is 0. The van der Waals surface area contributed by atoms with Crippen LogP contribution in [0.5, 0.6) is 0 Å². The van der Waals surface area contributed by atoms with Crippen molar-refractivity contribution in [2.24, 2.45) is 0 Å². The minimum absolute atomic E-state index is 0.705.